The molecule has 0 spiro atoms. The Morgan fingerprint density at radius 3 is 2.58 bits per heavy atom. The fourth-order valence-corrected chi connectivity index (χ4v) is 4.22. The molecule has 0 radical (unpaired) electrons. The molecule has 2 aromatic carbocycles. The van der Waals surface area contributed by atoms with Crippen LogP contribution in [0.2, 0.25) is 0 Å². The summed E-state index contributed by atoms with van der Waals surface area (Å²) in [4.78, 5) is 25.5. The lowest BCUT2D eigenvalue weighted by atomic mass is 10.2. The first-order valence-electron chi connectivity index (χ1n) is 9.74. The summed E-state index contributed by atoms with van der Waals surface area (Å²) in [6, 6.07) is 12.4. The van der Waals surface area contributed by atoms with Crippen molar-refractivity contribution in [2.24, 2.45) is 0 Å². The van der Waals surface area contributed by atoms with Crippen molar-refractivity contribution in [2.45, 2.75) is 23.8 Å². The SMILES string of the molecule is COC(=O)N(C)c1ccc(NC(=O)c2cccc(S(=O)(=O)NCC3CCCO3)c2)cc1. The van der Waals surface area contributed by atoms with Crippen molar-refractivity contribution in [1.29, 1.82) is 0 Å². The molecule has 0 aliphatic carbocycles. The topological polar surface area (TPSA) is 114 Å². The number of sulfonamides is 1. The number of methoxy groups -OCH3 is 1. The van der Waals surface area contributed by atoms with Crippen LogP contribution < -0.4 is 14.9 Å². The largest absolute Gasteiger partial charge is 0.452 e. The van der Waals surface area contributed by atoms with Gasteiger partial charge in [0.1, 0.15) is 0 Å². The number of rotatable bonds is 7. The Morgan fingerprint density at radius 2 is 1.94 bits per heavy atom. The van der Waals surface area contributed by atoms with Crippen LogP contribution in [0.15, 0.2) is 53.4 Å². The summed E-state index contributed by atoms with van der Waals surface area (Å²) < 4.78 is 37.8. The van der Waals surface area contributed by atoms with E-state index in [2.05, 4.69) is 14.8 Å². The summed E-state index contributed by atoms with van der Waals surface area (Å²) in [5.41, 5.74) is 1.29. The predicted octanol–water partition coefficient (Wildman–Crippen LogP) is 2.60. The number of benzene rings is 2. The summed E-state index contributed by atoms with van der Waals surface area (Å²) in [6.07, 6.45) is 1.10. The van der Waals surface area contributed by atoms with Gasteiger partial charge in [0.25, 0.3) is 5.91 Å². The number of carbonyl (C=O) groups excluding carboxylic acids is 2. The minimum absolute atomic E-state index is 0.00759. The Balaban J connectivity index is 1.66. The van der Waals surface area contributed by atoms with Crippen molar-refractivity contribution >= 4 is 33.4 Å². The molecule has 0 saturated carbocycles. The first-order chi connectivity index (χ1) is 14.8. The zero-order valence-electron chi connectivity index (χ0n) is 17.3. The van der Waals surface area contributed by atoms with Crippen molar-refractivity contribution in [1.82, 2.24) is 4.72 Å². The molecule has 2 amide bonds. The number of ether oxygens (including phenoxy) is 2. The average Bonchev–Trinajstić information content (AvgIpc) is 3.31. The first kappa shape index (κ1) is 22.7. The van der Waals surface area contributed by atoms with E-state index in [1.807, 2.05) is 0 Å². The van der Waals surface area contributed by atoms with Crippen LogP contribution in [0.4, 0.5) is 16.2 Å². The fourth-order valence-electron chi connectivity index (χ4n) is 3.11. The Bertz CT molecular complexity index is 1030. The molecule has 1 aliphatic rings. The second-order valence-corrected chi connectivity index (χ2v) is 8.81. The highest BCUT2D eigenvalue weighted by Gasteiger charge is 2.21. The van der Waals surface area contributed by atoms with Crippen LogP contribution in [0.25, 0.3) is 0 Å². The smallest absolute Gasteiger partial charge is 0.413 e. The molecule has 1 fully saturated rings. The molecule has 0 aromatic heterocycles. The maximum absolute atomic E-state index is 12.6. The summed E-state index contributed by atoms with van der Waals surface area (Å²) in [5, 5.41) is 2.71. The molecule has 0 bridgehead atoms. The van der Waals surface area contributed by atoms with E-state index in [1.54, 1.807) is 31.3 Å². The summed E-state index contributed by atoms with van der Waals surface area (Å²) in [5.74, 6) is -0.453. The summed E-state index contributed by atoms with van der Waals surface area (Å²) in [6.45, 7) is 0.840. The molecule has 31 heavy (non-hydrogen) atoms. The molecule has 10 heteroatoms. The monoisotopic (exact) mass is 447 g/mol. The van der Waals surface area contributed by atoms with Crippen molar-refractivity contribution in [3.63, 3.8) is 0 Å². The molecule has 2 N–H and O–H groups in total. The molecule has 1 unspecified atom stereocenters. The van der Waals surface area contributed by atoms with Gasteiger partial charge < -0.3 is 14.8 Å². The molecular formula is C21H25N3O6S. The minimum Gasteiger partial charge on any atom is -0.452 e. The Morgan fingerprint density at radius 1 is 1.19 bits per heavy atom. The van der Waals surface area contributed by atoms with E-state index >= 15 is 0 Å². The lowest BCUT2D eigenvalue weighted by Crippen LogP contribution is -2.32. The van der Waals surface area contributed by atoms with E-state index in [0.29, 0.717) is 18.0 Å². The zero-order chi connectivity index (χ0) is 22.4. The third-order valence-electron chi connectivity index (χ3n) is 4.89. The quantitative estimate of drug-likeness (QED) is 0.674. The van der Waals surface area contributed by atoms with Crippen LogP contribution in [0.3, 0.4) is 0 Å². The maximum Gasteiger partial charge on any atom is 0.413 e. The molecule has 9 nitrogen and oxygen atoms in total. The van der Waals surface area contributed by atoms with E-state index in [1.165, 1.54) is 36.3 Å². The van der Waals surface area contributed by atoms with E-state index in [4.69, 9.17) is 4.74 Å². The van der Waals surface area contributed by atoms with Crippen LogP contribution in [0.5, 0.6) is 0 Å². The van der Waals surface area contributed by atoms with Gasteiger partial charge in [-0.15, -0.1) is 0 Å². The van der Waals surface area contributed by atoms with Gasteiger partial charge in [-0.1, -0.05) is 6.07 Å². The van der Waals surface area contributed by atoms with E-state index in [9.17, 15) is 18.0 Å². The maximum atomic E-state index is 12.6. The fraction of sp³-hybridized carbons (Fsp3) is 0.333. The Kier molecular flexibility index (Phi) is 7.26. The highest BCUT2D eigenvalue weighted by atomic mass is 32.2. The predicted molar refractivity (Wildman–Crippen MR) is 116 cm³/mol. The van der Waals surface area contributed by atoms with Crippen LogP contribution >= 0.6 is 0 Å². The molecule has 1 atom stereocenters. The highest BCUT2D eigenvalue weighted by molar-refractivity contribution is 7.89. The second-order valence-electron chi connectivity index (χ2n) is 7.04. The lowest BCUT2D eigenvalue weighted by molar-refractivity contribution is 0.102. The first-order valence-corrected chi connectivity index (χ1v) is 11.2. The lowest BCUT2D eigenvalue weighted by Gasteiger charge is -2.16. The van der Waals surface area contributed by atoms with Crippen molar-refractivity contribution in [2.75, 3.05) is 37.5 Å². The van der Waals surface area contributed by atoms with Crippen LogP contribution in [0, 0.1) is 0 Å². The van der Waals surface area contributed by atoms with E-state index in [0.717, 1.165) is 12.8 Å². The zero-order valence-corrected chi connectivity index (χ0v) is 18.1. The van der Waals surface area contributed by atoms with Gasteiger partial charge in [0.15, 0.2) is 0 Å². The normalized spacial score (nSPS) is 16.0. The standard InChI is InChI=1S/C21H25N3O6S/c1-24(21(26)29-2)17-10-8-16(9-11-17)23-20(25)15-5-3-7-19(13-15)31(27,28)22-14-18-6-4-12-30-18/h3,5,7-11,13,18,22H,4,6,12,14H2,1-2H3,(H,23,25). The Hall–Kier alpha value is -2.95. The van der Waals surface area contributed by atoms with E-state index < -0.39 is 22.0 Å². The van der Waals surface area contributed by atoms with Gasteiger partial charge in [0.05, 0.1) is 18.1 Å². The number of amides is 2. The molecule has 166 valence electrons. The number of hydrogen-bond donors (Lipinski definition) is 2. The van der Waals surface area contributed by atoms with Gasteiger partial charge >= 0.3 is 6.09 Å². The third-order valence-corrected chi connectivity index (χ3v) is 6.31. The van der Waals surface area contributed by atoms with Crippen molar-refractivity contribution < 1.29 is 27.5 Å². The van der Waals surface area contributed by atoms with Crippen molar-refractivity contribution in [3.8, 4) is 0 Å². The third kappa shape index (κ3) is 5.81. The van der Waals surface area contributed by atoms with Crippen LogP contribution in [-0.4, -0.2) is 53.8 Å². The molecule has 3 rings (SSSR count). The Labute approximate surface area is 181 Å². The van der Waals surface area contributed by atoms with Gasteiger partial charge in [0.2, 0.25) is 10.0 Å². The van der Waals surface area contributed by atoms with Gasteiger partial charge in [-0.05, 0) is 55.3 Å². The van der Waals surface area contributed by atoms with E-state index in [-0.39, 0.29) is 23.1 Å². The molecule has 2 aromatic rings. The summed E-state index contributed by atoms with van der Waals surface area (Å²) in [7, 11) is -0.903. The molecule has 1 saturated heterocycles. The average molecular weight is 448 g/mol. The molecular weight excluding hydrogens is 422 g/mol. The highest BCUT2D eigenvalue weighted by Crippen LogP contribution is 2.19. The van der Waals surface area contributed by atoms with Gasteiger partial charge in [-0.25, -0.2) is 17.9 Å². The van der Waals surface area contributed by atoms with Crippen LogP contribution in [-0.2, 0) is 19.5 Å². The summed E-state index contributed by atoms with van der Waals surface area (Å²) >= 11 is 0. The number of nitrogens with zero attached hydrogens (tertiary/aromatic N) is 1. The van der Waals surface area contributed by atoms with Gasteiger partial charge in [-0.2, -0.15) is 0 Å². The molecule has 1 heterocycles. The molecule has 1 aliphatic heterocycles. The van der Waals surface area contributed by atoms with Crippen molar-refractivity contribution in [3.05, 3.63) is 54.1 Å². The second kappa shape index (κ2) is 9.90. The number of anilines is 2. The number of hydrogen-bond acceptors (Lipinski definition) is 6. The number of nitrogens with one attached hydrogen (secondary N) is 2. The number of carbonyl (C=O) groups is 2. The van der Waals surface area contributed by atoms with Gasteiger partial charge in [-0.3, -0.25) is 9.69 Å². The van der Waals surface area contributed by atoms with Gasteiger partial charge in [0, 0.05) is 37.1 Å². The van der Waals surface area contributed by atoms with Crippen LogP contribution in [0.1, 0.15) is 23.2 Å². The minimum atomic E-state index is -3.76.